The van der Waals surface area contributed by atoms with Crippen LogP contribution in [-0.2, 0) is 0 Å². The number of para-hydroxylation sites is 3. The van der Waals surface area contributed by atoms with Crippen molar-refractivity contribution in [2.24, 2.45) is 20.6 Å². The molecule has 2 aliphatic rings. The van der Waals surface area contributed by atoms with E-state index in [4.69, 9.17) is 5.10 Å². The smallest absolute Gasteiger partial charge is 0.250 e. The Hall–Kier alpha value is -4.71. The summed E-state index contributed by atoms with van der Waals surface area (Å²) < 4.78 is 0.196. The molecule has 210 valence electrons. The highest BCUT2D eigenvalue weighted by molar-refractivity contribution is 7.15. The predicted octanol–water partition coefficient (Wildman–Crippen LogP) is 4.52. The lowest BCUT2D eigenvalue weighted by Gasteiger charge is -2.25. The summed E-state index contributed by atoms with van der Waals surface area (Å²) >= 11 is 1.64. The van der Waals surface area contributed by atoms with E-state index in [1.807, 2.05) is 138 Å². The van der Waals surface area contributed by atoms with Gasteiger partial charge in [0.15, 0.2) is 17.2 Å². The van der Waals surface area contributed by atoms with E-state index in [0.717, 1.165) is 39.3 Å². The fourth-order valence-corrected chi connectivity index (χ4v) is 5.20. The molecule has 0 saturated heterocycles. The number of rotatable bonds is 5. The van der Waals surface area contributed by atoms with Crippen molar-refractivity contribution in [1.29, 1.82) is 0 Å². The molecule has 11 heteroatoms. The molecule has 0 unspecified atom stereocenters. The Bertz CT molecular complexity index is 1620. The second-order valence-electron chi connectivity index (χ2n) is 9.27. The van der Waals surface area contributed by atoms with Gasteiger partial charge in [-0.05, 0) is 26.0 Å². The summed E-state index contributed by atoms with van der Waals surface area (Å²) in [6.45, 7) is 4.11. The molecule has 0 amide bonds. The standard InChI is InChI=1S/C18H17N5S.C13H11N4.BrH/c1-13-14(2)24-18(19-13)23-21-17(15-9-5-3-6-10-15)20-22(23)16-11-7-4-8-12-16;1-3-7-12(8-4-1)17(11-14-15-16-17)13-9-5-2-6-10-13;/h3-12H,1-2H3,(H,20,21);1-11H;1H/q;+1;/p-1. The molecule has 0 spiro atoms. The van der Waals surface area contributed by atoms with Crippen LogP contribution in [0.15, 0.2) is 142 Å². The van der Waals surface area contributed by atoms with E-state index < -0.39 is 0 Å². The van der Waals surface area contributed by atoms with Gasteiger partial charge >= 0.3 is 0 Å². The molecule has 0 saturated carbocycles. The van der Waals surface area contributed by atoms with Gasteiger partial charge in [-0.25, -0.2) is 4.98 Å². The average molecular weight is 639 g/mol. The van der Waals surface area contributed by atoms with Crippen molar-refractivity contribution >= 4 is 45.7 Å². The first-order valence-corrected chi connectivity index (χ1v) is 13.9. The van der Waals surface area contributed by atoms with Crippen LogP contribution in [0.3, 0.4) is 0 Å². The van der Waals surface area contributed by atoms with Crippen LogP contribution in [0.5, 0.6) is 0 Å². The van der Waals surface area contributed by atoms with Gasteiger partial charge in [0.1, 0.15) is 0 Å². The number of halogens is 1. The highest BCUT2D eigenvalue weighted by Gasteiger charge is 2.36. The van der Waals surface area contributed by atoms with E-state index in [2.05, 4.69) is 32.9 Å². The van der Waals surface area contributed by atoms with Gasteiger partial charge < -0.3 is 17.0 Å². The normalized spacial score (nSPS) is 14.5. The summed E-state index contributed by atoms with van der Waals surface area (Å²) in [6, 6.07) is 40.1. The minimum absolute atomic E-state index is 0. The summed E-state index contributed by atoms with van der Waals surface area (Å²) in [5, 5.41) is 21.3. The lowest BCUT2D eigenvalue weighted by atomic mass is 10.2. The van der Waals surface area contributed by atoms with Gasteiger partial charge in [-0.1, -0.05) is 106 Å². The van der Waals surface area contributed by atoms with Crippen LogP contribution in [0.1, 0.15) is 16.1 Å². The molecule has 0 radical (unpaired) electrons. The van der Waals surface area contributed by atoms with Gasteiger partial charge in [0, 0.05) is 39.9 Å². The number of aryl methyl sites for hydroxylation is 2. The van der Waals surface area contributed by atoms with Crippen molar-refractivity contribution in [3.63, 3.8) is 0 Å². The first-order valence-electron chi connectivity index (χ1n) is 13.1. The SMILES string of the molecule is C1=NN=N[N+]1(c1ccccc1)c1ccccc1.Cc1nc(N2NC(c3ccccc3)=NN2c2ccccc2)sc1C.[Br-]. The molecule has 0 aliphatic carbocycles. The zero-order chi connectivity index (χ0) is 28.1. The Labute approximate surface area is 259 Å². The Morgan fingerprint density at radius 3 is 1.76 bits per heavy atom. The van der Waals surface area contributed by atoms with Crippen LogP contribution in [0.2, 0.25) is 0 Å². The first-order chi connectivity index (χ1) is 20.1. The van der Waals surface area contributed by atoms with Crippen molar-refractivity contribution < 1.29 is 17.0 Å². The Morgan fingerprint density at radius 1 is 0.714 bits per heavy atom. The highest BCUT2D eigenvalue weighted by atomic mass is 79.9. The summed E-state index contributed by atoms with van der Waals surface area (Å²) in [7, 11) is 0. The van der Waals surface area contributed by atoms with Gasteiger partial charge in [-0.2, -0.15) is 0 Å². The molecule has 42 heavy (non-hydrogen) atoms. The number of anilines is 2. The topological polar surface area (TPSA) is 80.8 Å². The number of hydrogen-bond donors (Lipinski definition) is 1. The van der Waals surface area contributed by atoms with Crippen LogP contribution >= 0.6 is 11.3 Å². The molecule has 0 atom stereocenters. The van der Waals surface area contributed by atoms with E-state index in [9.17, 15) is 0 Å². The quantitative estimate of drug-likeness (QED) is 0.287. The number of quaternary nitrogens is 1. The molecule has 5 aromatic rings. The third-order valence-corrected chi connectivity index (χ3v) is 7.63. The number of nitrogens with one attached hydrogen (secondary N) is 1. The second kappa shape index (κ2) is 12.9. The number of hydrazone groups is 1. The number of hydrogen-bond acceptors (Lipinski definition) is 9. The van der Waals surface area contributed by atoms with Crippen molar-refractivity contribution in [3.8, 4) is 0 Å². The molecule has 0 bridgehead atoms. The first kappa shape index (κ1) is 28.8. The van der Waals surface area contributed by atoms with Gasteiger partial charge in [0.2, 0.25) is 11.5 Å². The lowest BCUT2D eigenvalue weighted by molar-refractivity contribution is -0.00000826. The minimum atomic E-state index is 0. The predicted molar refractivity (Wildman–Crippen MR) is 167 cm³/mol. The largest absolute Gasteiger partial charge is 1.00 e. The molecule has 1 aromatic heterocycles. The maximum atomic E-state index is 4.76. The maximum absolute atomic E-state index is 4.76. The fourth-order valence-electron chi connectivity index (χ4n) is 4.34. The second-order valence-corrected chi connectivity index (χ2v) is 10.4. The molecule has 2 aliphatic heterocycles. The zero-order valence-corrected chi connectivity index (χ0v) is 25.4. The van der Waals surface area contributed by atoms with Crippen molar-refractivity contribution in [2.75, 3.05) is 10.2 Å². The van der Waals surface area contributed by atoms with Crippen LogP contribution in [-0.4, -0.2) is 17.2 Å². The summed E-state index contributed by atoms with van der Waals surface area (Å²) in [4.78, 5) is 5.86. The number of amidine groups is 1. The monoisotopic (exact) mass is 637 g/mol. The molecule has 0 fully saturated rings. The molecule has 3 heterocycles. The highest BCUT2D eigenvalue weighted by Crippen LogP contribution is 2.35. The summed E-state index contributed by atoms with van der Waals surface area (Å²) in [5.41, 5.74) is 8.45. The van der Waals surface area contributed by atoms with Crippen LogP contribution in [0.4, 0.5) is 22.2 Å². The van der Waals surface area contributed by atoms with Crippen LogP contribution in [0.25, 0.3) is 0 Å². The van der Waals surface area contributed by atoms with Gasteiger partial charge in [-0.15, -0.1) is 15.3 Å². The zero-order valence-electron chi connectivity index (χ0n) is 23.0. The van der Waals surface area contributed by atoms with Crippen molar-refractivity contribution in [1.82, 2.24) is 15.0 Å². The van der Waals surface area contributed by atoms with E-state index >= 15 is 0 Å². The van der Waals surface area contributed by atoms with Gasteiger partial charge in [-0.3, -0.25) is 5.43 Å². The Morgan fingerprint density at radius 2 is 1.26 bits per heavy atom. The van der Waals surface area contributed by atoms with E-state index in [1.165, 1.54) is 4.88 Å². The van der Waals surface area contributed by atoms with E-state index in [1.54, 1.807) is 17.7 Å². The fraction of sp³-hybridized carbons (Fsp3) is 0.0645. The molecular weight excluding hydrogens is 610 g/mol. The molecular formula is C31H28BrN9S. The molecule has 9 nitrogen and oxygen atoms in total. The minimum Gasteiger partial charge on any atom is -1.00 e. The number of aromatic nitrogens is 1. The van der Waals surface area contributed by atoms with Gasteiger partial charge in [0.05, 0.1) is 16.6 Å². The third-order valence-electron chi connectivity index (χ3n) is 6.58. The van der Waals surface area contributed by atoms with Gasteiger partial charge in [0.25, 0.3) is 0 Å². The van der Waals surface area contributed by atoms with Crippen LogP contribution in [0, 0.1) is 13.8 Å². The van der Waals surface area contributed by atoms with Crippen molar-refractivity contribution in [3.05, 3.63) is 137 Å². The average Bonchev–Trinajstić information content (AvgIpc) is 3.79. The maximum Gasteiger partial charge on any atom is 0.250 e. The number of nitrogens with zero attached hydrogens (tertiary/aromatic N) is 8. The van der Waals surface area contributed by atoms with E-state index in [-0.39, 0.29) is 21.6 Å². The number of benzene rings is 4. The summed E-state index contributed by atoms with van der Waals surface area (Å²) in [5.74, 6) is 0.796. The summed E-state index contributed by atoms with van der Waals surface area (Å²) in [6.07, 6.45) is 1.73. The van der Waals surface area contributed by atoms with E-state index in [0.29, 0.717) is 0 Å². The third kappa shape index (κ3) is 5.84. The number of thiazole rings is 1. The Balaban J connectivity index is 0.000000173. The number of hydrazine groups is 2. The van der Waals surface area contributed by atoms with Crippen LogP contribution < -0.4 is 37.2 Å². The molecule has 1 N–H and O–H groups in total. The Kier molecular flexibility index (Phi) is 8.82. The molecule has 7 rings (SSSR count). The lowest BCUT2D eigenvalue weighted by Crippen LogP contribution is -3.00. The van der Waals surface area contributed by atoms with Crippen molar-refractivity contribution in [2.45, 2.75) is 13.8 Å². The molecule has 4 aromatic carbocycles.